The molecule has 180 valence electrons. The fraction of sp³-hybridized carbons (Fsp3) is 0.520. The van der Waals surface area contributed by atoms with E-state index in [1.54, 1.807) is 6.07 Å². The zero-order valence-corrected chi connectivity index (χ0v) is 19.9. The molecule has 0 bridgehead atoms. The van der Waals surface area contributed by atoms with Gasteiger partial charge >= 0.3 is 6.03 Å². The number of anilines is 1. The van der Waals surface area contributed by atoms with Crippen LogP contribution in [0.3, 0.4) is 0 Å². The van der Waals surface area contributed by atoms with Crippen LogP contribution in [0, 0.1) is 0 Å². The first-order chi connectivity index (χ1) is 16.6. The lowest BCUT2D eigenvalue weighted by Gasteiger charge is -2.26. The molecule has 1 aliphatic carbocycles. The molecule has 2 amide bonds. The third-order valence-electron chi connectivity index (χ3n) is 6.94. The molecule has 9 nitrogen and oxygen atoms in total. The summed E-state index contributed by atoms with van der Waals surface area (Å²) in [5.41, 5.74) is 3.40. The number of aromatic nitrogens is 4. The van der Waals surface area contributed by atoms with Crippen molar-refractivity contribution < 1.29 is 4.79 Å². The molecule has 1 saturated carbocycles. The predicted molar refractivity (Wildman–Crippen MR) is 134 cm³/mol. The first kappa shape index (κ1) is 22.7. The summed E-state index contributed by atoms with van der Waals surface area (Å²) >= 11 is 0. The first-order valence-corrected chi connectivity index (χ1v) is 12.4. The number of aryl methyl sites for hydroxylation is 1. The number of carbonyl (C=O) groups is 1. The van der Waals surface area contributed by atoms with Gasteiger partial charge in [0, 0.05) is 61.8 Å². The Labute approximate surface area is 200 Å². The average Bonchev–Trinajstić information content (AvgIpc) is 3.48. The zero-order valence-electron chi connectivity index (χ0n) is 19.9. The summed E-state index contributed by atoms with van der Waals surface area (Å²) < 4.78 is 2.00. The van der Waals surface area contributed by atoms with Crippen LogP contribution in [-0.2, 0) is 6.54 Å². The lowest BCUT2D eigenvalue weighted by Crippen LogP contribution is -2.45. The van der Waals surface area contributed by atoms with Gasteiger partial charge in [-0.1, -0.05) is 12.8 Å². The third-order valence-corrected chi connectivity index (χ3v) is 6.94. The summed E-state index contributed by atoms with van der Waals surface area (Å²) in [6, 6.07) is 5.48. The highest BCUT2D eigenvalue weighted by Gasteiger charge is 2.30. The van der Waals surface area contributed by atoms with Crippen molar-refractivity contribution in [1.82, 2.24) is 35.3 Å². The molecule has 2 fully saturated rings. The standard InChI is InChI=1S/C25H34N8O/c1-25(7-2-3-8-25)31-24(34)30-23-6-5-21-22(29-23)15-19(16-27-21)20-17-28-33(18-20)12-4-11-32-13-9-26-10-14-32/h5-6,15-18,26H,2-4,7-14H2,1H3,(H2,29,30,31,34). The number of rotatable bonds is 7. The van der Waals surface area contributed by atoms with Gasteiger partial charge in [0.15, 0.2) is 0 Å². The van der Waals surface area contributed by atoms with Crippen LogP contribution >= 0.6 is 0 Å². The average molecular weight is 463 g/mol. The van der Waals surface area contributed by atoms with Crippen LogP contribution in [0.4, 0.5) is 10.6 Å². The van der Waals surface area contributed by atoms with Crippen molar-refractivity contribution in [2.45, 2.75) is 51.1 Å². The van der Waals surface area contributed by atoms with Gasteiger partial charge in [-0.05, 0) is 50.9 Å². The lowest BCUT2D eigenvalue weighted by molar-refractivity contribution is 0.233. The molecule has 1 aliphatic heterocycles. The number of nitrogens with zero attached hydrogens (tertiary/aromatic N) is 5. The minimum Gasteiger partial charge on any atom is -0.333 e. The maximum absolute atomic E-state index is 12.5. The molecule has 34 heavy (non-hydrogen) atoms. The molecule has 0 radical (unpaired) electrons. The Kier molecular flexibility index (Phi) is 6.73. The lowest BCUT2D eigenvalue weighted by atomic mass is 10.0. The Bertz CT molecular complexity index is 1130. The molecule has 4 heterocycles. The molecule has 3 aromatic rings. The Morgan fingerprint density at radius 3 is 2.74 bits per heavy atom. The maximum atomic E-state index is 12.5. The molecule has 9 heteroatoms. The van der Waals surface area contributed by atoms with Crippen molar-refractivity contribution in [2.24, 2.45) is 0 Å². The summed E-state index contributed by atoms with van der Waals surface area (Å²) in [4.78, 5) is 24.2. The van der Waals surface area contributed by atoms with Gasteiger partial charge in [0.05, 0.1) is 17.2 Å². The van der Waals surface area contributed by atoms with Crippen LogP contribution in [0.15, 0.2) is 36.8 Å². The molecular weight excluding hydrogens is 428 g/mol. The fourth-order valence-electron chi connectivity index (χ4n) is 4.96. The van der Waals surface area contributed by atoms with Crippen molar-refractivity contribution in [3.05, 3.63) is 36.8 Å². The predicted octanol–water partition coefficient (Wildman–Crippen LogP) is 3.24. The van der Waals surface area contributed by atoms with Gasteiger partial charge in [0.2, 0.25) is 0 Å². The number of fused-ring (bicyclic) bond motifs is 1. The van der Waals surface area contributed by atoms with Crippen LogP contribution in [-0.4, -0.2) is 68.9 Å². The molecule has 3 N–H and O–H groups in total. The van der Waals surface area contributed by atoms with E-state index in [1.165, 1.54) is 0 Å². The topological polar surface area (TPSA) is 100 Å². The Balaban J connectivity index is 1.22. The van der Waals surface area contributed by atoms with Crippen LogP contribution in [0.1, 0.15) is 39.0 Å². The van der Waals surface area contributed by atoms with E-state index in [4.69, 9.17) is 0 Å². The van der Waals surface area contributed by atoms with E-state index in [0.29, 0.717) is 5.82 Å². The van der Waals surface area contributed by atoms with E-state index >= 15 is 0 Å². The largest absolute Gasteiger partial charge is 0.333 e. The number of pyridine rings is 2. The van der Waals surface area contributed by atoms with Gasteiger partial charge in [0.25, 0.3) is 0 Å². The molecular formula is C25H34N8O. The summed E-state index contributed by atoms with van der Waals surface area (Å²) in [5.74, 6) is 0.522. The highest BCUT2D eigenvalue weighted by Crippen LogP contribution is 2.29. The van der Waals surface area contributed by atoms with Gasteiger partial charge in [-0.15, -0.1) is 0 Å². The zero-order chi connectivity index (χ0) is 23.4. The van der Waals surface area contributed by atoms with Gasteiger partial charge in [-0.3, -0.25) is 15.0 Å². The smallest absolute Gasteiger partial charge is 0.320 e. The maximum Gasteiger partial charge on any atom is 0.320 e. The SMILES string of the molecule is CC1(NC(=O)Nc2ccc3ncc(-c4cnn(CCCN5CCNCC5)c4)cc3n2)CCCC1. The van der Waals surface area contributed by atoms with E-state index < -0.39 is 0 Å². The summed E-state index contributed by atoms with van der Waals surface area (Å²) in [6.45, 7) is 8.50. The van der Waals surface area contributed by atoms with E-state index in [-0.39, 0.29) is 11.6 Å². The van der Waals surface area contributed by atoms with Crippen molar-refractivity contribution in [3.63, 3.8) is 0 Å². The quantitative estimate of drug-likeness (QED) is 0.498. The van der Waals surface area contributed by atoms with Crippen LogP contribution in [0.5, 0.6) is 0 Å². The number of hydrogen-bond donors (Lipinski definition) is 3. The van der Waals surface area contributed by atoms with Crippen molar-refractivity contribution in [2.75, 3.05) is 38.0 Å². The number of piperazine rings is 1. The number of nitrogens with one attached hydrogen (secondary N) is 3. The second-order valence-corrected chi connectivity index (χ2v) is 9.74. The summed E-state index contributed by atoms with van der Waals surface area (Å²) in [7, 11) is 0. The summed E-state index contributed by atoms with van der Waals surface area (Å²) in [5, 5.41) is 13.9. The first-order valence-electron chi connectivity index (χ1n) is 12.4. The van der Waals surface area contributed by atoms with Crippen LogP contribution in [0.25, 0.3) is 22.2 Å². The molecule has 0 spiro atoms. The fourth-order valence-corrected chi connectivity index (χ4v) is 4.96. The van der Waals surface area contributed by atoms with Gasteiger partial charge in [-0.25, -0.2) is 9.78 Å². The van der Waals surface area contributed by atoms with E-state index in [2.05, 4.69) is 49.0 Å². The highest BCUT2D eigenvalue weighted by atomic mass is 16.2. The van der Waals surface area contributed by atoms with Gasteiger partial charge in [-0.2, -0.15) is 5.10 Å². The molecule has 0 atom stereocenters. The molecule has 0 unspecified atom stereocenters. The van der Waals surface area contributed by atoms with E-state index in [0.717, 1.165) is 93.5 Å². The molecule has 3 aromatic heterocycles. The second-order valence-electron chi connectivity index (χ2n) is 9.74. The number of carbonyl (C=O) groups excluding carboxylic acids is 1. The molecule has 0 aromatic carbocycles. The summed E-state index contributed by atoms with van der Waals surface area (Å²) in [6.07, 6.45) is 11.2. The highest BCUT2D eigenvalue weighted by molar-refractivity contribution is 5.90. The Hall–Kier alpha value is -3.04. The van der Waals surface area contributed by atoms with Crippen molar-refractivity contribution in [3.8, 4) is 11.1 Å². The normalized spacial score (nSPS) is 18.3. The van der Waals surface area contributed by atoms with Gasteiger partial charge < -0.3 is 15.5 Å². The monoisotopic (exact) mass is 462 g/mol. The molecule has 1 saturated heterocycles. The Morgan fingerprint density at radius 2 is 1.91 bits per heavy atom. The minimum absolute atomic E-state index is 0.124. The number of hydrogen-bond acceptors (Lipinski definition) is 6. The minimum atomic E-state index is -0.206. The van der Waals surface area contributed by atoms with Crippen molar-refractivity contribution in [1.29, 1.82) is 0 Å². The van der Waals surface area contributed by atoms with Crippen LogP contribution in [0.2, 0.25) is 0 Å². The molecule has 2 aliphatic rings. The van der Waals surface area contributed by atoms with Gasteiger partial charge in [0.1, 0.15) is 5.82 Å². The van der Waals surface area contributed by atoms with Crippen LogP contribution < -0.4 is 16.0 Å². The number of amides is 2. The van der Waals surface area contributed by atoms with Crippen molar-refractivity contribution >= 4 is 22.9 Å². The van der Waals surface area contributed by atoms with E-state index in [1.807, 2.05) is 29.2 Å². The second kappa shape index (κ2) is 10.1. The van der Waals surface area contributed by atoms with E-state index in [9.17, 15) is 4.79 Å². The Morgan fingerprint density at radius 1 is 1.09 bits per heavy atom. The third kappa shape index (κ3) is 5.53. The number of urea groups is 1. The molecule has 5 rings (SSSR count).